The normalized spacial score (nSPS) is 11.4. The van der Waals surface area contributed by atoms with Crippen molar-refractivity contribution in [1.82, 2.24) is 4.90 Å². The van der Waals surface area contributed by atoms with Crippen LogP contribution in [-0.2, 0) is 6.54 Å². The fourth-order valence-corrected chi connectivity index (χ4v) is 1.97. The third kappa shape index (κ3) is 4.65. The highest BCUT2D eigenvalue weighted by Gasteiger charge is 2.11. The number of hydrogen-bond donors (Lipinski definition) is 1. The topological polar surface area (TPSA) is 23.5 Å². The first kappa shape index (κ1) is 15.0. The van der Waals surface area contributed by atoms with E-state index in [1.54, 1.807) is 6.07 Å². The van der Waals surface area contributed by atoms with Gasteiger partial charge in [-0.05, 0) is 44.5 Å². The Hall–Kier alpha value is -1.09. The van der Waals surface area contributed by atoms with Crippen molar-refractivity contribution >= 4 is 0 Å². The highest BCUT2D eigenvalue weighted by atomic mass is 19.1. The number of benzene rings is 1. The Labute approximate surface area is 109 Å². The smallest absolute Gasteiger partial charge is 0.165 e. The molecule has 0 radical (unpaired) electrons. The van der Waals surface area contributed by atoms with E-state index < -0.39 is 5.82 Å². The molecule has 18 heavy (non-hydrogen) atoms. The molecule has 102 valence electrons. The first-order chi connectivity index (χ1) is 8.54. The zero-order valence-corrected chi connectivity index (χ0v) is 11.6. The van der Waals surface area contributed by atoms with Crippen LogP contribution in [0.3, 0.4) is 0 Å². The number of nitrogens with zero attached hydrogens (tertiary/aromatic N) is 1. The van der Waals surface area contributed by atoms with Crippen LogP contribution in [0.2, 0.25) is 0 Å². The summed E-state index contributed by atoms with van der Waals surface area (Å²) in [4.78, 5) is 2.33. The molecule has 0 amide bonds. The fourth-order valence-electron chi connectivity index (χ4n) is 1.97. The van der Waals surface area contributed by atoms with E-state index in [2.05, 4.69) is 25.7 Å². The van der Waals surface area contributed by atoms with Crippen LogP contribution in [0.1, 0.15) is 45.6 Å². The molecule has 1 aromatic rings. The second-order valence-corrected chi connectivity index (χ2v) is 5.06. The predicted molar refractivity (Wildman–Crippen MR) is 73.1 cm³/mol. The maximum Gasteiger partial charge on any atom is 0.165 e. The predicted octanol–water partition coefficient (Wildman–Crippen LogP) is 3.93. The van der Waals surface area contributed by atoms with Crippen LogP contribution in [0.25, 0.3) is 0 Å². The molecule has 0 aliphatic rings. The maximum absolute atomic E-state index is 13.3. The summed E-state index contributed by atoms with van der Waals surface area (Å²) < 4.78 is 13.3. The third-order valence-corrected chi connectivity index (χ3v) is 3.18. The number of aromatic hydroxyl groups is 1. The SMILES string of the molecule is CCCCCN(Cc1ccc(O)c(F)c1)C(C)C. The molecule has 0 saturated carbocycles. The standard InChI is InChI=1S/C15H24FNO/c1-4-5-6-9-17(12(2)3)11-13-7-8-15(18)14(16)10-13/h7-8,10,12,18H,4-6,9,11H2,1-3H3. The lowest BCUT2D eigenvalue weighted by molar-refractivity contribution is 0.208. The Kier molecular flexibility index (Phi) is 6.13. The van der Waals surface area contributed by atoms with Crippen molar-refractivity contribution in [1.29, 1.82) is 0 Å². The van der Waals surface area contributed by atoms with E-state index in [4.69, 9.17) is 0 Å². The summed E-state index contributed by atoms with van der Waals surface area (Å²) in [5.74, 6) is -0.814. The first-order valence-corrected chi connectivity index (χ1v) is 6.76. The molecule has 1 N–H and O–H groups in total. The molecule has 0 aliphatic carbocycles. The molecule has 1 aromatic carbocycles. The first-order valence-electron chi connectivity index (χ1n) is 6.76. The fraction of sp³-hybridized carbons (Fsp3) is 0.600. The monoisotopic (exact) mass is 253 g/mol. The van der Waals surface area contributed by atoms with Gasteiger partial charge < -0.3 is 5.11 Å². The van der Waals surface area contributed by atoms with Crippen LogP contribution in [0.15, 0.2) is 18.2 Å². The van der Waals surface area contributed by atoms with Crippen molar-refractivity contribution < 1.29 is 9.50 Å². The molecule has 1 rings (SSSR count). The number of hydrogen-bond acceptors (Lipinski definition) is 2. The van der Waals surface area contributed by atoms with Crippen molar-refractivity contribution in [3.63, 3.8) is 0 Å². The summed E-state index contributed by atoms with van der Waals surface area (Å²) in [6, 6.07) is 5.08. The van der Waals surface area contributed by atoms with E-state index in [1.807, 2.05) is 0 Å². The summed E-state index contributed by atoms with van der Waals surface area (Å²) in [5.41, 5.74) is 0.912. The Morgan fingerprint density at radius 3 is 2.56 bits per heavy atom. The lowest BCUT2D eigenvalue weighted by atomic mass is 10.1. The summed E-state index contributed by atoms with van der Waals surface area (Å²) in [5, 5.41) is 9.17. The highest BCUT2D eigenvalue weighted by Crippen LogP contribution is 2.18. The maximum atomic E-state index is 13.3. The molecule has 0 unspecified atom stereocenters. The highest BCUT2D eigenvalue weighted by molar-refractivity contribution is 5.27. The third-order valence-electron chi connectivity index (χ3n) is 3.18. The van der Waals surface area contributed by atoms with Gasteiger partial charge in [-0.25, -0.2) is 4.39 Å². The minimum absolute atomic E-state index is 0.277. The average Bonchev–Trinajstić information content (AvgIpc) is 2.32. The Morgan fingerprint density at radius 1 is 1.28 bits per heavy atom. The molecule has 0 spiro atoms. The minimum Gasteiger partial charge on any atom is -0.505 e. The Bertz CT molecular complexity index is 366. The van der Waals surface area contributed by atoms with E-state index in [-0.39, 0.29) is 5.75 Å². The molecule has 0 bridgehead atoms. The number of halogens is 1. The van der Waals surface area contributed by atoms with Gasteiger partial charge in [0, 0.05) is 12.6 Å². The van der Waals surface area contributed by atoms with Crippen LogP contribution in [0.4, 0.5) is 4.39 Å². The average molecular weight is 253 g/mol. The Balaban J connectivity index is 2.61. The quantitative estimate of drug-likeness (QED) is 0.744. The van der Waals surface area contributed by atoms with Crippen molar-refractivity contribution in [3.05, 3.63) is 29.6 Å². The van der Waals surface area contributed by atoms with Crippen molar-refractivity contribution in [3.8, 4) is 5.75 Å². The molecular formula is C15H24FNO. The van der Waals surface area contributed by atoms with Gasteiger partial charge in [0.25, 0.3) is 0 Å². The van der Waals surface area contributed by atoms with Gasteiger partial charge in [0.15, 0.2) is 11.6 Å². The van der Waals surface area contributed by atoms with E-state index >= 15 is 0 Å². The molecule has 2 nitrogen and oxygen atoms in total. The van der Waals surface area contributed by atoms with Crippen LogP contribution < -0.4 is 0 Å². The van der Waals surface area contributed by atoms with E-state index in [0.717, 1.165) is 18.7 Å². The number of rotatable bonds is 7. The van der Waals surface area contributed by atoms with Crippen LogP contribution >= 0.6 is 0 Å². The van der Waals surface area contributed by atoms with E-state index in [0.29, 0.717) is 6.04 Å². The van der Waals surface area contributed by atoms with E-state index in [9.17, 15) is 9.50 Å². The van der Waals surface area contributed by atoms with Gasteiger partial charge in [0.2, 0.25) is 0 Å². The van der Waals surface area contributed by atoms with Crippen LogP contribution in [-0.4, -0.2) is 22.6 Å². The van der Waals surface area contributed by atoms with Crippen LogP contribution in [0, 0.1) is 5.82 Å². The van der Waals surface area contributed by atoms with Crippen molar-refractivity contribution in [2.45, 2.75) is 52.6 Å². The second-order valence-electron chi connectivity index (χ2n) is 5.06. The van der Waals surface area contributed by atoms with Gasteiger partial charge in [0.05, 0.1) is 0 Å². The molecule has 0 atom stereocenters. The molecule has 3 heteroatoms. The van der Waals surface area contributed by atoms with Gasteiger partial charge in [0.1, 0.15) is 0 Å². The van der Waals surface area contributed by atoms with Gasteiger partial charge in [-0.1, -0.05) is 25.8 Å². The van der Waals surface area contributed by atoms with Gasteiger partial charge in [-0.2, -0.15) is 0 Å². The van der Waals surface area contributed by atoms with Gasteiger partial charge in [-0.3, -0.25) is 4.90 Å². The molecule has 0 aromatic heterocycles. The zero-order valence-electron chi connectivity index (χ0n) is 11.6. The van der Waals surface area contributed by atoms with Crippen LogP contribution in [0.5, 0.6) is 5.75 Å². The minimum atomic E-state index is -0.537. The van der Waals surface area contributed by atoms with E-state index in [1.165, 1.54) is 31.4 Å². The summed E-state index contributed by atoms with van der Waals surface area (Å²) in [6.07, 6.45) is 3.61. The van der Waals surface area contributed by atoms with Crippen molar-refractivity contribution in [2.75, 3.05) is 6.54 Å². The molecule has 0 heterocycles. The molecule has 0 aliphatic heterocycles. The number of phenols is 1. The van der Waals surface area contributed by atoms with Crippen molar-refractivity contribution in [2.24, 2.45) is 0 Å². The summed E-state index contributed by atoms with van der Waals surface area (Å²) in [7, 11) is 0. The number of phenolic OH excluding ortho intramolecular Hbond substituents is 1. The second kappa shape index (κ2) is 7.37. The van der Waals surface area contributed by atoms with Gasteiger partial charge >= 0.3 is 0 Å². The Morgan fingerprint density at radius 2 is 2.00 bits per heavy atom. The lowest BCUT2D eigenvalue weighted by Crippen LogP contribution is -2.31. The number of unbranched alkanes of at least 4 members (excludes halogenated alkanes) is 2. The largest absolute Gasteiger partial charge is 0.505 e. The molecule has 0 fully saturated rings. The van der Waals surface area contributed by atoms with Gasteiger partial charge in [-0.15, -0.1) is 0 Å². The molecule has 0 saturated heterocycles. The molecular weight excluding hydrogens is 229 g/mol. The lowest BCUT2D eigenvalue weighted by Gasteiger charge is -2.26. The zero-order chi connectivity index (χ0) is 13.5. The summed E-state index contributed by atoms with van der Waals surface area (Å²) in [6.45, 7) is 8.27. The summed E-state index contributed by atoms with van der Waals surface area (Å²) >= 11 is 0.